The van der Waals surface area contributed by atoms with Crippen LogP contribution in [0.1, 0.15) is 27.2 Å². The number of hydrogen-bond acceptors (Lipinski definition) is 3. The summed E-state index contributed by atoms with van der Waals surface area (Å²) in [4.78, 5) is 25.3. The highest BCUT2D eigenvalue weighted by Gasteiger charge is 2.01. The Kier molecular flexibility index (Phi) is 5.50. The molecule has 0 heterocycles. The molecule has 0 aliphatic heterocycles. The van der Waals surface area contributed by atoms with E-state index in [-0.39, 0.29) is 17.8 Å². The van der Waals surface area contributed by atoms with E-state index < -0.39 is 0 Å². The topological polar surface area (TPSA) is 70.6 Å². The summed E-state index contributed by atoms with van der Waals surface area (Å²) in [6, 6.07) is 0. The Hall–Kier alpha value is -1.39. The predicted molar refractivity (Wildman–Crippen MR) is 50.2 cm³/mol. The Balaban J connectivity index is 4.17. The van der Waals surface area contributed by atoms with Gasteiger partial charge in [-0.2, -0.15) is 0 Å². The average molecular weight is 185 g/mol. The normalized spacial score (nSPS) is 8.85. The largest absolute Gasteiger partial charge is 0.297 e. The molecule has 0 fully saturated rings. The third-order valence-corrected chi connectivity index (χ3v) is 1.08. The molecule has 0 aromatic rings. The SMILES string of the molecule is CCCN=C(NC(C)=O)NC(C)=O. The molecule has 0 aliphatic rings. The molecule has 0 spiro atoms. The van der Waals surface area contributed by atoms with Crippen LogP contribution in [-0.4, -0.2) is 24.3 Å². The molecule has 0 aliphatic carbocycles. The fourth-order valence-corrected chi connectivity index (χ4v) is 0.667. The fraction of sp³-hybridized carbons (Fsp3) is 0.625. The molecule has 0 atom stereocenters. The molecule has 5 heteroatoms. The Bertz CT molecular complexity index is 205. The number of aliphatic imine (C=N–C) groups is 1. The number of nitrogens with zero attached hydrogens (tertiary/aromatic N) is 1. The van der Waals surface area contributed by atoms with Gasteiger partial charge in [-0.1, -0.05) is 6.92 Å². The molecule has 5 nitrogen and oxygen atoms in total. The van der Waals surface area contributed by atoms with Gasteiger partial charge in [0.2, 0.25) is 17.8 Å². The summed E-state index contributed by atoms with van der Waals surface area (Å²) in [5, 5.41) is 4.85. The van der Waals surface area contributed by atoms with E-state index in [1.54, 1.807) is 0 Å². The van der Waals surface area contributed by atoms with E-state index in [0.29, 0.717) is 6.54 Å². The number of amides is 2. The number of guanidine groups is 1. The third kappa shape index (κ3) is 6.99. The summed E-state index contributed by atoms with van der Waals surface area (Å²) in [5.74, 6) is -0.269. The van der Waals surface area contributed by atoms with Crippen LogP contribution in [0.25, 0.3) is 0 Å². The molecular weight excluding hydrogens is 170 g/mol. The molecule has 0 bridgehead atoms. The lowest BCUT2D eigenvalue weighted by Gasteiger charge is -2.06. The maximum Gasteiger partial charge on any atom is 0.223 e. The minimum absolute atomic E-state index is 0.224. The highest BCUT2D eigenvalue weighted by molar-refractivity contribution is 6.03. The van der Waals surface area contributed by atoms with E-state index in [9.17, 15) is 9.59 Å². The van der Waals surface area contributed by atoms with Crippen LogP contribution < -0.4 is 10.6 Å². The number of carbonyl (C=O) groups excluding carboxylic acids is 2. The van der Waals surface area contributed by atoms with Crippen LogP contribution in [0.15, 0.2) is 4.99 Å². The number of hydrogen-bond donors (Lipinski definition) is 2. The zero-order chi connectivity index (χ0) is 10.3. The van der Waals surface area contributed by atoms with Gasteiger partial charge in [0.25, 0.3) is 0 Å². The molecule has 0 unspecified atom stereocenters. The molecule has 0 radical (unpaired) electrons. The molecule has 2 N–H and O–H groups in total. The number of nitrogens with one attached hydrogen (secondary N) is 2. The van der Waals surface area contributed by atoms with Gasteiger partial charge in [0.15, 0.2) is 0 Å². The van der Waals surface area contributed by atoms with E-state index in [1.165, 1.54) is 13.8 Å². The third-order valence-electron chi connectivity index (χ3n) is 1.08. The first-order valence-corrected chi connectivity index (χ1v) is 4.16. The lowest BCUT2D eigenvalue weighted by Crippen LogP contribution is -2.42. The highest BCUT2D eigenvalue weighted by atomic mass is 16.2. The van der Waals surface area contributed by atoms with Crippen LogP contribution >= 0.6 is 0 Å². The molecule has 0 rings (SSSR count). The van der Waals surface area contributed by atoms with Crippen molar-refractivity contribution in [3.63, 3.8) is 0 Å². The van der Waals surface area contributed by atoms with Crippen molar-refractivity contribution in [3.05, 3.63) is 0 Å². The van der Waals surface area contributed by atoms with Gasteiger partial charge < -0.3 is 0 Å². The first-order valence-electron chi connectivity index (χ1n) is 4.16. The lowest BCUT2D eigenvalue weighted by atomic mass is 10.5. The molecule has 13 heavy (non-hydrogen) atoms. The summed E-state index contributed by atoms with van der Waals surface area (Å²) in [7, 11) is 0. The van der Waals surface area contributed by atoms with Crippen molar-refractivity contribution < 1.29 is 9.59 Å². The van der Waals surface area contributed by atoms with E-state index in [2.05, 4.69) is 15.6 Å². The van der Waals surface area contributed by atoms with E-state index in [1.807, 2.05) is 6.92 Å². The van der Waals surface area contributed by atoms with Gasteiger partial charge in [0.05, 0.1) is 0 Å². The van der Waals surface area contributed by atoms with Crippen molar-refractivity contribution in [2.24, 2.45) is 4.99 Å². The van der Waals surface area contributed by atoms with Gasteiger partial charge in [-0.15, -0.1) is 0 Å². The molecule has 0 aromatic heterocycles. The Morgan fingerprint density at radius 2 is 1.62 bits per heavy atom. The summed E-state index contributed by atoms with van der Waals surface area (Å²) in [5.41, 5.74) is 0. The minimum atomic E-state index is -0.247. The molecule has 0 saturated heterocycles. The quantitative estimate of drug-likeness (QED) is 0.470. The van der Waals surface area contributed by atoms with Gasteiger partial charge in [-0.25, -0.2) is 0 Å². The number of carbonyl (C=O) groups is 2. The van der Waals surface area contributed by atoms with Crippen molar-refractivity contribution in [2.75, 3.05) is 6.54 Å². The summed E-state index contributed by atoms with van der Waals surface area (Å²) < 4.78 is 0. The lowest BCUT2D eigenvalue weighted by molar-refractivity contribution is -0.117. The van der Waals surface area contributed by atoms with Gasteiger partial charge in [0.1, 0.15) is 0 Å². The summed E-state index contributed by atoms with van der Waals surface area (Å²) >= 11 is 0. The van der Waals surface area contributed by atoms with Gasteiger partial charge in [-0.3, -0.25) is 25.2 Å². The van der Waals surface area contributed by atoms with Gasteiger partial charge in [0, 0.05) is 20.4 Å². The van der Waals surface area contributed by atoms with Crippen molar-refractivity contribution in [3.8, 4) is 0 Å². The zero-order valence-electron chi connectivity index (χ0n) is 8.18. The second-order valence-electron chi connectivity index (χ2n) is 2.59. The van der Waals surface area contributed by atoms with E-state index >= 15 is 0 Å². The van der Waals surface area contributed by atoms with Crippen molar-refractivity contribution in [1.29, 1.82) is 0 Å². The average Bonchev–Trinajstić information content (AvgIpc) is 1.98. The molecule has 0 aromatic carbocycles. The van der Waals surface area contributed by atoms with E-state index in [0.717, 1.165) is 6.42 Å². The van der Waals surface area contributed by atoms with Gasteiger partial charge in [-0.05, 0) is 6.42 Å². The van der Waals surface area contributed by atoms with Crippen molar-refractivity contribution in [2.45, 2.75) is 27.2 Å². The molecule has 0 saturated carbocycles. The second kappa shape index (κ2) is 6.16. The van der Waals surface area contributed by atoms with Crippen LogP contribution in [0.3, 0.4) is 0 Å². The summed E-state index contributed by atoms with van der Waals surface area (Å²) in [6.07, 6.45) is 0.864. The molecule has 2 amide bonds. The van der Waals surface area contributed by atoms with E-state index in [4.69, 9.17) is 0 Å². The highest BCUT2D eigenvalue weighted by Crippen LogP contribution is 1.78. The Labute approximate surface area is 77.6 Å². The Morgan fingerprint density at radius 3 is 1.92 bits per heavy atom. The standard InChI is InChI=1S/C8H15N3O2/c1-4-5-9-8(10-6(2)12)11-7(3)13/h4-5H2,1-3H3,(H2,9,10,11,12,13). The first kappa shape index (κ1) is 11.6. The fourth-order valence-electron chi connectivity index (χ4n) is 0.667. The monoisotopic (exact) mass is 185 g/mol. The Morgan fingerprint density at radius 1 is 1.15 bits per heavy atom. The first-order chi connectivity index (χ1) is 6.06. The smallest absolute Gasteiger partial charge is 0.223 e. The molecular formula is C8H15N3O2. The van der Waals surface area contributed by atoms with Crippen LogP contribution in [0.2, 0.25) is 0 Å². The predicted octanol–water partition coefficient (Wildman–Crippen LogP) is 0.0246. The van der Waals surface area contributed by atoms with Crippen LogP contribution in [-0.2, 0) is 9.59 Å². The minimum Gasteiger partial charge on any atom is -0.297 e. The number of rotatable bonds is 2. The van der Waals surface area contributed by atoms with Crippen LogP contribution in [0.5, 0.6) is 0 Å². The molecule has 74 valence electrons. The maximum atomic E-state index is 10.7. The zero-order valence-corrected chi connectivity index (χ0v) is 8.18. The van der Waals surface area contributed by atoms with Crippen LogP contribution in [0, 0.1) is 0 Å². The second-order valence-corrected chi connectivity index (χ2v) is 2.59. The maximum absolute atomic E-state index is 10.7. The van der Waals surface area contributed by atoms with Gasteiger partial charge >= 0.3 is 0 Å². The van der Waals surface area contributed by atoms with Crippen molar-refractivity contribution >= 4 is 17.8 Å². The van der Waals surface area contributed by atoms with Crippen LogP contribution in [0.4, 0.5) is 0 Å². The summed E-state index contributed by atoms with van der Waals surface area (Å²) in [6.45, 7) is 5.27. The van der Waals surface area contributed by atoms with Crippen molar-refractivity contribution in [1.82, 2.24) is 10.6 Å².